The summed E-state index contributed by atoms with van der Waals surface area (Å²) in [6, 6.07) is 9.85. The second kappa shape index (κ2) is 8.22. The standard InChI is InChI=1S/C17H23N3O2/c1-2-14-6-8-15(9-7-14)22-13-5-3-4-11-20-12-10-16(18)19-17(20)21/h6-10,12H,2-5,11,13H2,1H3,(H2,18,19,21). The molecule has 2 N–H and O–H groups in total. The number of aromatic nitrogens is 2. The van der Waals surface area contributed by atoms with Gasteiger partial charge in [0.1, 0.15) is 11.6 Å². The fourth-order valence-electron chi connectivity index (χ4n) is 2.18. The molecule has 1 heterocycles. The van der Waals surface area contributed by atoms with Crippen molar-refractivity contribution in [2.75, 3.05) is 12.3 Å². The molecule has 0 aliphatic heterocycles. The number of nitrogens with zero attached hydrogens (tertiary/aromatic N) is 2. The van der Waals surface area contributed by atoms with Gasteiger partial charge >= 0.3 is 5.69 Å². The third-order valence-electron chi connectivity index (χ3n) is 3.54. The highest BCUT2D eigenvalue weighted by Crippen LogP contribution is 2.13. The van der Waals surface area contributed by atoms with Gasteiger partial charge in [-0.3, -0.25) is 4.57 Å². The fraction of sp³-hybridized carbons (Fsp3) is 0.412. The molecule has 0 spiro atoms. The molecule has 0 atom stereocenters. The van der Waals surface area contributed by atoms with Gasteiger partial charge < -0.3 is 10.5 Å². The number of aryl methyl sites for hydroxylation is 2. The number of ether oxygens (including phenoxy) is 1. The van der Waals surface area contributed by atoms with E-state index in [1.54, 1.807) is 16.8 Å². The maximum atomic E-state index is 11.5. The molecule has 0 unspecified atom stereocenters. The molecule has 1 aromatic carbocycles. The topological polar surface area (TPSA) is 70.1 Å². The van der Waals surface area contributed by atoms with E-state index >= 15 is 0 Å². The van der Waals surface area contributed by atoms with E-state index in [2.05, 4.69) is 24.0 Å². The quantitative estimate of drug-likeness (QED) is 0.761. The molecular weight excluding hydrogens is 278 g/mol. The van der Waals surface area contributed by atoms with Crippen molar-refractivity contribution in [3.05, 3.63) is 52.6 Å². The Kier molecular flexibility index (Phi) is 6.01. The summed E-state index contributed by atoms with van der Waals surface area (Å²) in [5.41, 5.74) is 6.48. The van der Waals surface area contributed by atoms with Crippen LogP contribution in [-0.2, 0) is 13.0 Å². The first-order chi connectivity index (χ1) is 10.7. The Morgan fingerprint density at radius 1 is 1.14 bits per heavy atom. The van der Waals surface area contributed by atoms with Gasteiger partial charge in [0.05, 0.1) is 6.61 Å². The van der Waals surface area contributed by atoms with E-state index in [1.807, 2.05) is 12.1 Å². The molecule has 0 saturated heterocycles. The Morgan fingerprint density at radius 2 is 1.91 bits per heavy atom. The van der Waals surface area contributed by atoms with Crippen LogP contribution in [0.2, 0.25) is 0 Å². The fourth-order valence-corrected chi connectivity index (χ4v) is 2.18. The van der Waals surface area contributed by atoms with Gasteiger partial charge in [-0.1, -0.05) is 19.1 Å². The second-order valence-electron chi connectivity index (χ2n) is 5.24. The van der Waals surface area contributed by atoms with Crippen molar-refractivity contribution in [3.63, 3.8) is 0 Å². The number of rotatable bonds is 8. The highest BCUT2D eigenvalue weighted by molar-refractivity contribution is 5.27. The first kappa shape index (κ1) is 16.1. The van der Waals surface area contributed by atoms with Crippen LogP contribution < -0.4 is 16.2 Å². The van der Waals surface area contributed by atoms with Crippen LogP contribution in [0.25, 0.3) is 0 Å². The molecule has 2 aromatic rings. The molecule has 0 aliphatic rings. The van der Waals surface area contributed by atoms with Crippen molar-refractivity contribution >= 4 is 5.82 Å². The van der Waals surface area contributed by atoms with Crippen molar-refractivity contribution in [2.24, 2.45) is 0 Å². The van der Waals surface area contributed by atoms with E-state index < -0.39 is 0 Å². The summed E-state index contributed by atoms with van der Waals surface area (Å²) in [7, 11) is 0. The van der Waals surface area contributed by atoms with E-state index in [0.29, 0.717) is 13.2 Å². The van der Waals surface area contributed by atoms with E-state index in [4.69, 9.17) is 10.5 Å². The Balaban J connectivity index is 1.63. The Labute approximate surface area is 130 Å². The van der Waals surface area contributed by atoms with Crippen molar-refractivity contribution < 1.29 is 4.74 Å². The summed E-state index contributed by atoms with van der Waals surface area (Å²) in [4.78, 5) is 15.2. The zero-order chi connectivity index (χ0) is 15.8. The van der Waals surface area contributed by atoms with Crippen molar-refractivity contribution in [1.29, 1.82) is 0 Å². The van der Waals surface area contributed by atoms with Crippen LogP contribution in [0.5, 0.6) is 5.75 Å². The van der Waals surface area contributed by atoms with Gasteiger partial charge in [0.2, 0.25) is 0 Å². The minimum Gasteiger partial charge on any atom is -0.494 e. The van der Waals surface area contributed by atoms with Crippen LogP contribution in [0, 0.1) is 0 Å². The Bertz CT molecular complexity index is 635. The predicted octanol–water partition coefficient (Wildman–Crippen LogP) is 2.64. The first-order valence-electron chi connectivity index (χ1n) is 7.73. The van der Waals surface area contributed by atoms with E-state index in [-0.39, 0.29) is 11.5 Å². The summed E-state index contributed by atoms with van der Waals surface area (Å²) in [5.74, 6) is 1.18. The minimum absolute atomic E-state index is 0.267. The number of nitrogen functional groups attached to an aromatic ring is 1. The second-order valence-corrected chi connectivity index (χ2v) is 5.24. The van der Waals surface area contributed by atoms with E-state index in [1.165, 1.54) is 5.56 Å². The lowest BCUT2D eigenvalue weighted by Gasteiger charge is -2.07. The minimum atomic E-state index is -0.285. The number of nitrogens with two attached hydrogens (primary N) is 1. The normalized spacial score (nSPS) is 10.6. The predicted molar refractivity (Wildman–Crippen MR) is 88.1 cm³/mol. The van der Waals surface area contributed by atoms with Crippen LogP contribution >= 0.6 is 0 Å². The molecule has 5 heteroatoms. The van der Waals surface area contributed by atoms with Gasteiger partial charge in [0.15, 0.2) is 0 Å². The summed E-state index contributed by atoms with van der Waals surface area (Å²) >= 11 is 0. The monoisotopic (exact) mass is 301 g/mol. The van der Waals surface area contributed by atoms with Crippen LogP contribution in [0.4, 0.5) is 5.82 Å². The average Bonchev–Trinajstić information content (AvgIpc) is 2.53. The lowest BCUT2D eigenvalue weighted by Crippen LogP contribution is -2.23. The van der Waals surface area contributed by atoms with Gasteiger partial charge in [-0.2, -0.15) is 4.98 Å². The molecule has 0 radical (unpaired) electrons. The molecule has 5 nitrogen and oxygen atoms in total. The van der Waals surface area contributed by atoms with Gasteiger partial charge in [-0.25, -0.2) is 4.79 Å². The Morgan fingerprint density at radius 3 is 2.59 bits per heavy atom. The average molecular weight is 301 g/mol. The van der Waals surface area contributed by atoms with Crippen molar-refractivity contribution in [2.45, 2.75) is 39.2 Å². The van der Waals surface area contributed by atoms with Crippen molar-refractivity contribution in [1.82, 2.24) is 9.55 Å². The molecule has 0 aliphatic carbocycles. The van der Waals surface area contributed by atoms with Crippen LogP contribution in [-0.4, -0.2) is 16.2 Å². The first-order valence-corrected chi connectivity index (χ1v) is 7.73. The number of unbranched alkanes of at least 4 members (excludes halogenated alkanes) is 2. The summed E-state index contributed by atoms with van der Waals surface area (Å²) < 4.78 is 7.28. The Hall–Kier alpha value is -2.30. The van der Waals surface area contributed by atoms with Gasteiger partial charge in [-0.05, 0) is 49.4 Å². The number of anilines is 1. The molecule has 1 aromatic heterocycles. The summed E-state index contributed by atoms with van der Waals surface area (Å²) in [6.07, 6.45) is 5.62. The highest BCUT2D eigenvalue weighted by atomic mass is 16.5. The molecular formula is C17H23N3O2. The van der Waals surface area contributed by atoms with E-state index in [9.17, 15) is 4.79 Å². The van der Waals surface area contributed by atoms with Crippen LogP contribution in [0.15, 0.2) is 41.3 Å². The van der Waals surface area contributed by atoms with Crippen LogP contribution in [0.3, 0.4) is 0 Å². The van der Waals surface area contributed by atoms with Gasteiger partial charge in [0, 0.05) is 12.7 Å². The zero-order valence-corrected chi connectivity index (χ0v) is 13.0. The molecule has 0 saturated carbocycles. The molecule has 0 bridgehead atoms. The maximum Gasteiger partial charge on any atom is 0.349 e. The lowest BCUT2D eigenvalue weighted by molar-refractivity contribution is 0.303. The third kappa shape index (κ3) is 4.91. The SMILES string of the molecule is CCc1ccc(OCCCCCn2ccc(N)nc2=O)cc1. The summed E-state index contributed by atoms with van der Waals surface area (Å²) in [6.45, 7) is 3.50. The maximum absolute atomic E-state index is 11.5. The van der Waals surface area contributed by atoms with Crippen molar-refractivity contribution in [3.8, 4) is 5.75 Å². The van der Waals surface area contributed by atoms with E-state index in [0.717, 1.165) is 31.4 Å². The largest absolute Gasteiger partial charge is 0.494 e. The number of hydrogen-bond donors (Lipinski definition) is 1. The summed E-state index contributed by atoms with van der Waals surface area (Å²) in [5, 5.41) is 0. The number of benzene rings is 1. The molecule has 0 amide bonds. The lowest BCUT2D eigenvalue weighted by atomic mass is 10.2. The van der Waals surface area contributed by atoms with Crippen LogP contribution in [0.1, 0.15) is 31.7 Å². The van der Waals surface area contributed by atoms with Gasteiger partial charge in [0.25, 0.3) is 0 Å². The highest BCUT2D eigenvalue weighted by Gasteiger charge is 1.98. The molecule has 118 valence electrons. The molecule has 0 fully saturated rings. The van der Waals surface area contributed by atoms with Gasteiger partial charge in [-0.15, -0.1) is 0 Å². The zero-order valence-electron chi connectivity index (χ0n) is 13.0. The molecule has 2 rings (SSSR count). The third-order valence-corrected chi connectivity index (χ3v) is 3.54. The smallest absolute Gasteiger partial charge is 0.349 e. The number of hydrogen-bond acceptors (Lipinski definition) is 4. The molecule has 22 heavy (non-hydrogen) atoms.